The van der Waals surface area contributed by atoms with Crippen LogP contribution in [0, 0.1) is 0 Å². The van der Waals surface area contributed by atoms with Crippen molar-refractivity contribution in [2.75, 3.05) is 0 Å². The molecule has 0 rings (SSSR count). The molecule has 0 saturated carbocycles. The van der Waals surface area contributed by atoms with Crippen LogP contribution < -0.4 is 0 Å². The minimum Gasteiger partial charge on any atom is -0.481 e. The Balaban J connectivity index is 3.79. The maximum atomic E-state index is 10.2. The molecule has 0 aromatic rings. The second-order valence-corrected chi connectivity index (χ2v) is 3.22. The molecular formula is C6H8Cl2O4. The Morgan fingerprint density at radius 3 is 2.08 bits per heavy atom. The summed E-state index contributed by atoms with van der Waals surface area (Å²) in [5, 5.41) is 14.5. The number of carbonyl (C=O) groups is 2. The molecule has 6 heteroatoms. The molecule has 0 bridgehead atoms. The molecule has 0 amide bonds. The quantitative estimate of drug-likeness (QED) is 0.674. The van der Waals surface area contributed by atoms with E-state index in [1.807, 2.05) is 0 Å². The largest absolute Gasteiger partial charge is 0.481 e. The van der Waals surface area contributed by atoms with Crippen LogP contribution in [0.25, 0.3) is 0 Å². The van der Waals surface area contributed by atoms with Crippen LogP contribution in [-0.2, 0) is 9.59 Å². The molecule has 4 nitrogen and oxygen atoms in total. The summed E-state index contributed by atoms with van der Waals surface area (Å²) in [6.45, 7) is 0. The van der Waals surface area contributed by atoms with E-state index in [0.717, 1.165) is 0 Å². The molecule has 0 heterocycles. The van der Waals surface area contributed by atoms with E-state index in [0.29, 0.717) is 0 Å². The molecule has 2 unspecified atom stereocenters. The van der Waals surface area contributed by atoms with Gasteiger partial charge < -0.3 is 10.2 Å². The van der Waals surface area contributed by atoms with Crippen molar-refractivity contribution < 1.29 is 19.8 Å². The molecule has 0 aromatic heterocycles. The van der Waals surface area contributed by atoms with Gasteiger partial charge in [-0.1, -0.05) is 0 Å². The number of hydrogen-bond donors (Lipinski definition) is 2. The van der Waals surface area contributed by atoms with Crippen LogP contribution in [0.2, 0.25) is 0 Å². The van der Waals surface area contributed by atoms with E-state index in [1.165, 1.54) is 0 Å². The van der Waals surface area contributed by atoms with E-state index >= 15 is 0 Å². The Bertz CT molecular complexity index is 182. The molecule has 2 atom stereocenters. The van der Waals surface area contributed by atoms with Crippen molar-refractivity contribution in [2.45, 2.75) is 23.6 Å². The average molecular weight is 215 g/mol. The monoisotopic (exact) mass is 214 g/mol. The highest BCUT2D eigenvalue weighted by Gasteiger charge is 2.24. The van der Waals surface area contributed by atoms with Crippen molar-refractivity contribution in [1.29, 1.82) is 0 Å². The molecule has 2 N–H and O–H groups in total. The van der Waals surface area contributed by atoms with E-state index in [2.05, 4.69) is 0 Å². The lowest BCUT2D eigenvalue weighted by Gasteiger charge is -2.09. The summed E-state index contributed by atoms with van der Waals surface area (Å²) < 4.78 is 0. The second kappa shape index (κ2) is 5.22. The minimum atomic E-state index is -1.23. The molecule has 0 aliphatic heterocycles. The van der Waals surface area contributed by atoms with Crippen molar-refractivity contribution in [3.8, 4) is 0 Å². The van der Waals surface area contributed by atoms with Gasteiger partial charge in [0.2, 0.25) is 0 Å². The summed E-state index contributed by atoms with van der Waals surface area (Å²) in [5.74, 6) is -2.25. The molecule has 0 spiro atoms. The Kier molecular flexibility index (Phi) is 5.01. The number of aliphatic carboxylic acids is 2. The second-order valence-electron chi connectivity index (χ2n) is 2.19. The van der Waals surface area contributed by atoms with Crippen LogP contribution in [0.3, 0.4) is 0 Å². The van der Waals surface area contributed by atoms with Crippen molar-refractivity contribution in [3.05, 3.63) is 0 Å². The van der Waals surface area contributed by atoms with E-state index in [-0.39, 0.29) is 12.8 Å². The Morgan fingerprint density at radius 1 is 1.25 bits per heavy atom. The number of alkyl halides is 2. The van der Waals surface area contributed by atoms with Crippen LogP contribution in [0.15, 0.2) is 0 Å². The maximum absolute atomic E-state index is 10.2. The van der Waals surface area contributed by atoms with Gasteiger partial charge in [-0.25, -0.2) is 0 Å². The predicted octanol–water partition coefficient (Wildman–Crippen LogP) is 1.15. The fourth-order valence-electron chi connectivity index (χ4n) is 0.562. The lowest BCUT2D eigenvalue weighted by molar-refractivity contribution is -0.139. The normalized spacial score (nSPS) is 15.2. The third-order valence-corrected chi connectivity index (χ3v) is 2.28. The highest BCUT2D eigenvalue weighted by atomic mass is 35.5. The van der Waals surface area contributed by atoms with Gasteiger partial charge in [-0.3, -0.25) is 9.59 Å². The van der Waals surface area contributed by atoms with E-state index in [1.54, 1.807) is 0 Å². The highest BCUT2D eigenvalue weighted by Crippen LogP contribution is 2.15. The first-order valence-corrected chi connectivity index (χ1v) is 4.05. The molecule has 0 aliphatic carbocycles. The predicted molar refractivity (Wildman–Crippen MR) is 43.8 cm³/mol. The molecule has 12 heavy (non-hydrogen) atoms. The number of rotatable bonds is 5. The first kappa shape index (κ1) is 11.5. The Morgan fingerprint density at radius 2 is 1.75 bits per heavy atom. The third-order valence-electron chi connectivity index (χ3n) is 1.19. The van der Waals surface area contributed by atoms with Crippen LogP contribution in [0.5, 0.6) is 0 Å². The van der Waals surface area contributed by atoms with E-state index in [9.17, 15) is 9.59 Å². The first-order chi connectivity index (χ1) is 5.45. The molecule has 0 fully saturated rings. The standard InChI is InChI=1S/C6H8Cl2O4/c7-3(1-2-4(9)10)5(8)6(11)12/h3,5H,1-2H2,(H,9,10)(H,11,12). The number of carboxylic acid groups (broad SMARTS) is 2. The van der Waals surface area contributed by atoms with Crippen molar-refractivity contribution in [1.82, 2.24) is 0 Å². The average Bonchev–Trinajstić information content (AvgIpc) is 1.98. The van der Waals surface area contributed by atoms with E-state index in [4.69, 9.17) is 33.4 Å². The van der Waals surface area contributed by atoms with Crippen molar-refractivity contribution in [3.63, 3.8) is 0 Å². The molecule has 0 saturated heterocycles. The summed E-state index contributed by atoms with van der Waals surface area (Å²) in [5.41, 5.74) is 0. The van der Waals surface area contributed by atoms with Crippen LogP contribution in [-0.4, -0.2) is 32.9 Å². The third kappa shape index (κ3) is 4.41. The van der Waals surface area contributed by atoms with Gasteiger partial charge in [-0.2, -0.15) is 0 Å². The maximum Gasteiger partial charge on any atom is 0.323 e. The Labute approximate surface area is 79.1 Å². The van der Waals surface area contributed by atoms with Gasteiger partial charge in [0.05, 0.1) is 5.38 Å². The number of halogens is 2. The summed E-state index contributed by atoms with van der Waals surface area (Å²) in [7, 11) is 0. The zero-order valence-electron chi connectivity index (χ0n) is 6.04. The SMILES string of the molecule is O=C(O)CCC(Cl)C(Cl)C(=O)O. The lowest BCUT2D eigenvalue weighted by Crippen LogP contribution is -2.25. The van der Waals surface area contributed by atoms with E-state index < -0.39 is 22.7 Å². The van der Waals surface area contributed by atoms with Crippen LogP contribution in [0.1, 0.15) is 12.8 Å². The van der Waals surface area contributed by atoms with Gasteiger partial charge in [0.15, 0.2) is 0 Å². The van der Waals surface area contributed by atoms with Crippen LogP contribution in [0.4, 0.5) is 0 Å². The van der Waals surface area contributed by atoms with Gasteiger partial charge in [0.25, 0.3) is 0 Å². The molecule has 0 aliphatic rings. The smallest absolute Gasteiger partial charge is 0.323 e. The lowest BCUT2D eigenvalue weighted by atomic mass is 10.2. The van der Waals surface area contributed by atoms with Crippen molar-refractivity contribution >= 4 is 35.1 Å². The highest BCUT2D eigenvalue weighted by molar-refractivity contribution is 6.36. The van der Waals surface area contributed by atoms with Gasteiger partial charge in [-0.05, 0) is 6.42 Å². The van der Waals surface area contributed by atoms with Crippen LogP contribution >= 0.6 is 23.2 Å². The zero-order chi connectivity index (χ0) is 9.72. The molecule has 70 valence electrons. The fourth-order valence-corrected chi connectivity index (χ4v) is 0.905. The van der Waals surface area contributed by atoms with Gasteiger partial charge in [0, 0.05) is 6.42 Å². The summed E-state index contributed by atoms with van der Waals surface area (Å²) in [4.78, 5) is 20.3. The van der Waals surface area contributed by atoms with Crippen molar-refractivity contribution in [2.24, 2.45) is 0 Å². The fraction of sp³-hybridized carbons (Fsp3) is 0.667. The molecular weight excluding hydrogens is 207 g/mol. The van der Waals surface area contributed by atoms with Gasteiger partial charge >= 0.3 is 11.9 Å². The zero-order valence-corrected chi connectivity index (χ0v) is 7.55. The summed E-state index contributed by atoms with van der Waals surface area (Å²) in [6.07, 6.45) is -0.123. The topological polar surface area (TPSA) is 74.6 Å². The molecule has 0 radical (unpaired) electrons. The van der Waals surface area contributed by atoms with Gasteiger partial charge in [-0.15, -0.1) is 23.2 Å². The first-order valence-electron chi connectivity index (χ1n) is 3.18. The minimum absolute atomic E-state index is 0.0529. The molecule has 0 aromatic carbocycles. The summed E-state index contributed by atoms with van der Waals surface area (Å²) >= 11 is 10.8. The number of hydrogen-bond acceptors (Lipinski definition) is 2. The number of carboxylic acids is 2. The van der Waals surface area contributed by atoms with Gasteiger partial charge in [0.1, 0.15) is 5.38 Å². The Hall–Kier alpha value is -0.480. The summed E-state index contributed by atoms with van der Waals surface area (Å²) in [6, 6.07) is 0.